The van der Waals surface area contributed by atoms with Crippen molar-refractivity contribution >= 4 is 10.0 Å². The molecule has 0 atom stereocenters. The van der Waals surface area contributed by atoms with Crippen molar-refractivity contribution in [2.75, 3.05) is 26.7 Å². The fourth-order valence-electron chi connectivity index (χ4n) is 1.68. The first-order chi connectivity index (χ1) is 9.31. The van der Waals surface area contributed by atoms with Gasteiger partial charge >= 0.3 is 0 Å². The average Bonchev–Trinajstić information content (AvgIpc) is 2.40. The van der Waals surface area contributed by atoms with E-state index >= 15 is 0 Å². The van der Waals surface area contributed by atoms with Crippen LogP contribution in [0.25, 0.3) is 0 Å². The maximum Gasteiger partial charge on any atom is 0.240 e. The molecule has 0 aliphatic heterocycles. The Morgan fingerprint density at radius 1 is 1.40 bits per heavy atom. The lowest BCUT2D eigenvalue weighted by Crippen LogP contribution is -2.33. The summed E-state index contributed by atoms with van der Waals surface area (Å²) >= 11 is 0. The molecule has 0 amide bonds. The zero-order valence-electron chi connectivity index (χ0n) is 12.0. The van der Waals surface area contributed by atoms with E-state index in [0.29, 0.717) is 6.54 Å². The molecule has 0 heterocycles. The number of aliphatic hydroxyl groups excluding tert-OH is 1. The minimum absolute atomic E-state index is 0.0542. The van der Waals surface area contributed by atoms with Gasteiger partial charge in [-0.15, -0.1) is 0 Å². The molecule has 1 aromatic rings. The van der Waals surface area contributed by atoms with Gasteiger partial charge in [-0.3, -0.25) is 0 Å². The maximum absolute atomic E-state index is 13.7. The number of benzene rings is 1. The van der Waals surface area contributed by atoms with Gasteiger partial charge < -0.3 is 10.0 Å². The van der Waals surface area contributed by atoms with Crippen molar-refractivity contribution in [1.82, 2.24) is 9.62 Å². The van der Waals surface area contributed by atoms with E-state index in [1.54, 1.807) is 0 Å². The summed E-state index contributed by atoms with van der Waals surface area (Å²) in [6, 6.07) is 2.43. The summed E-state index contributed by atoms with van der Waals surface area (Å²) in [5, 5.41) is 9.04. The molecule has 0 aliphatic carbocycles. The highest BCUT2D eigenvalue weighted by molar-refractivity contribution is 7.89. The molecule has 1 rings (SSSR count). The Kier molecular flexibility index (Phi) is 6.07. The molecule has 0 aromatic heterocycles. The van der Waals surface area contributed by atoms with Crippen LogP contribution in [0.2, 0.25) is 0 Å². The number of halogens is 1. The second kappa shape index (κ2) is 7.12. The SMILES string of the molecule is CCN(C)CCNS(=O)(=O)c1cc(CO)cc(F)c1C. The zero-order valence-corrected chi connectivity index (χ0v) is 12.8. The van der Waals surface area contributed by atoms with Crippen molar-refractivity contribution in [1.29, 1.82) is 0 Å². The molecule has 0 bridgehead atoms. The van der Waals surface area contributed by atoms with Gasteiger partial charge in [-0.25, -0.2) is 17.5 Å². The summed E-state index contributed by atoms with van der Waals surface area (Å²) in [5.74, 6) is -0.636. The fraction of sp³-hybridized carbons (Fsp3) is 0.538. The Balaban J connectivity index is 2.95. The fourth-order valence-corrected chi connectivity index (χ4v) is 3.01. The first-order valence-electron chi connectivity index (χ1n) is 6.40. The van der Waals surface area contributed by atoms with Gasteiger partial charge in [0.05, 0.1) is 11.5 Å². The normalized spacial score (nSPS) is 12.1. The molecule has 0 fully saturated rings. The van der Waals surface area contributed by atoms with Gasteiger partial charge in [0.2, 0.25) is 10.0 Å². The number of aliphatic hydroxyl groups is 1. The van der Waals surface area contributed by atoms with E-state index in [1.807, 2.05) is 18.9 Å². The van der Waals surface area contributed by atoms with E-state index in [2.05, 4.69) is 4.72 Å². The number of rotatable bonds is 7. The quantitative estimate of drug-likeness (QED) is 0.784. The molecule has 114 valence electrons. The van der Waals surface area contributed by atoms with Crippen LogP contribution < -0.4 is 4.72 Å². The van der Waals surface area contributed by atoms with Crippen molar-refractivity contribution in [2.24, 2.45) is 0 Å². The van der Waals surface area contributed by atoms with Crippen LogP contribution in [0.3, 0.4) is 0 Å². The molecule has 7 heteroatoms. The third-order valence-corrected chi connectivity index (χ3v) is 4.74. The van der Waals surface area contributed by atoms with E-state index in [9.17, 15) is 12.8 Å². The third kappa shape index (κ3) is 4.24. The average molecular weight is 304 g/mol. The Bertz CT molecular complexity index is 561. The van der Waals surface area contributed by atoms with Crippen molar-refractivity contribution < 1.29 is 17.9 Å². The van der Waals surface area contributed by atoms with Crippen molar-refractivity contribution in [3.63, 3.8) is 0 Å². The first-order valence-corrected chi connectivity index (χ1v) is 7.88. The molecule has 0 radical (unpaired) electrons. The number of nitrogens with zero attached hydrogens (tertiary/aromatic N) is 1. The predicted molar refractivity (Wildman–Crippen MR) is 75.4 cm³/mol. The van der Waals surface area contributed by atoms with Crippen LogP contribution in [0.4, 0.5) is 4.39 Å². The van der Waals surface area contributed by atoms with Gasteiger partial charge in [0.15, 0.2) is 0 Å². The molecule has 0 spiro atoms. The number of nitrogens with one attached hydrogen (secondary N) is 1. The monoisotopic (exact) mass is 304 g/mol. The minimum Gasteiger partial charge on any atom is -0.392 e. The Labute approximate surface area is 119 Å². The standard InChI is InChI=1S/C13H21FN2O3S/c1-4-16(3)6-5-15-20(18,19)13-8-11(9-17)7-12(14)10(13)2/h7-8,15,17H,4-6,9H2,1-3H3. The van der Waals surface area contributed by atoms with E-state index < -0.39 is 22.4 Å². The van der Waals surface area contributed by atoms with Crippen LogP contribution in [0.15, 0.2) is 17.0 Å². The van der Waals surface area contributed by atoms with Crippen LogP contribution in [0.1, 0.15) is 18.1 Å². The van der Waals surface area contributed by atoms with Crippen LogP contribution in [-0.2, 0) is 16.6 Å². The topological polar surface area (TPSA) is 69.6 Å². The Morgan fingerprint density at radius 3 is 2.60 bits per heavy atom. The number of sulfonamides is 1. The van der Waals surface area contributed by atoms with Gasteiger partial charge in [0, 0.05) is 18.7 Å². The molecule has 0 saturated carbocycles. The Morgan fingerprint density at radius 2 is 2.05 bits per heavy atom. The summed E-state index contributed by atoms with van der Waals surface area (Å²) in [4.78, 5) is 1.83. The largest absolute Gasteiger partial charge is 0.392 e. The molecule has 2 N–H and O–H groups in total. The van der Waals surface area contributed by atoms with Crippen LogP contribution in [-0.4, -0.2) is 45.1 Å². The van der Waals surface area contributed by atoms with Crippen molar-refractivity contribution in [3.05, 3.63) is 29.1 Å². The highest BCUT2D eigenvalue weighted by atomic mass is 32.2. The predicted octanol–water partition coefficient (Wildman–Crippen LogP) is 0.856. The lowest BCUT2D eigenvalue weighted by Gasteiger charge is -2.15. The molecule has 5 nitrogen and oxygen atoms in total. The second-order valence-corrected chi connectivity index (χ2v) is 6.39. The van der Waals surface area contributed by atoms with Gasteiger partial charge in [-0.1, -0.05) is 6.92 Å². The second-order valence-electron chi connectivity index (χ2n) is 4.65. The van der Waals surface area contributed by atoms with Crippen molar-refractivity contribution in [2.45, 2.75) is 25.3 Å². The number of hydrogen-bond donors (Lipinski definition) is 2. The summed E-state index contributed by atoms with van der Waals surface area (Å²) in [6.07, 6.45) is 0. The summed E-state index contributed by atoms with van der Waals surface area (Å²) in [5.41, 5.74) is 0.290. The van der Waals surface area contributed by atoms with Crippen LogP contribution >= 0.6 is 0 Å². The minimum atomic E-state index is -3.78. The van der Waals surface area contributed by atoms with Gasteiger partial charge in [-0.2, -0.15) is 0 Å². The third-order valence-electron chi connectivity index (χ3n) is 3.15. The summed E-state index contributed by atoms with van der Waals surface area (Å²) in [7, 11) is -1.90. The van der Waals surface area contributed by atoms with E-state index in [-0.39, 0.29) is 22.6 Å². The van der Waals surface area contributed by atoms with Crippen molar-refractivity contribution in [3.8, 4) is 0 Å². The van der Waals surface area contributed by atoms with E-state index in [0.717, 1.165) is 12.6 Å². The van der Waals surface area contributed by atoms with Gasteiger partial charge in [0.1, 0.15) is 5.82 Å². The van der Waals surface area contributed by atoms with E-state index in [1.165, 1.54) is 13.0 Å². The number of likely N-dealkylation sites (N-methyl/N-ethyl adjacent to an activating group) is 1. The Hall–Kier alpha value is -1.02. The molecule has 0 unspecified atom stereocenters. The zero-order chi connectivity index (χ0) is 15.3. The van der Waals surface area contributed by atoms with Crippen LogP contribution in [0, 0.1) is 12.7 Å². The maximum atomic E-state index is 13.7. The molecule has 0 saturated heterocycles. The smallest absolute Gasteiger partial charge is 0.240 e. The van der Waals surface area contributed by atoms with Gasteiger partial charge in [-0.05, 0) is 38.2 Å². The summed E-state index contributed by atoms with van der Waals surface area (Å²) in [6.45, 7) is 4.60. The summed E-state index contributed by atoms with van der Waals surface area (Å²) < 4.78 is 40.4. The highest BCUT2D eigenvalue weighted by Crippen LogP contribution is 2.20. The molecule has 1 aromatic carbocycles. The molecular weight excluding hydrogens is 283 g/mol. The lowest BCUT2D eigenvalue weighted by molar-refractivity contribution is 0.281. The molecular formula is C13H21FN2O3S. The highest BCUT2D eigenvalue weighted by Gasteiger charge is 2.19. The number of hydrogen-bond acceptors (Lipinski definition) is 4. The molecule has 20 heavy (non-hydrogen) atoms. The molecule has 0 aliphatic rings. The van der Waals surface area contributed by atoms with E-state index in [4.69, 9.17) is 5.11 Å². The lowest BCUT2D eigenvalue weighted by atomic mass is 10.1. The van der Waals surface area contributed by atoms with Crippen LogP contribution in [0.5, 0.6) is 0 Å². The van der Waals surface area contributed by atoms with Gasteiger partial charge in [0.25, 0.3) is 0 Å². The first kappa shape index (κ1) is 17.0.